The molecule has 1 aliphatic heterocycles. The van der Waals surface area contributed by atoms with E-state index >= 15 is 0 Å². The number of hydrogen-bond donors (Lipinski definition) is 1. The first-order chi connectivity index (χ1) is 6.72. The average Bonchev–Trinajstić information content (AvgIpc) is 2.17. The molecule has 0 amide bonds. The van der Waals surface area contributed by atoms with Crippen LogP contribution in [0, 0.1) is 5.92 Å². The van der Waals surface area contributed by atoms with E-state index in [0.29, 0.717) is 6.10 Å². The van der Waals surface area contributed by atoms with Gasteiger partial charge in [-0.3, -0.25) is 0 Å². The average molecular weight is 200 g/mol. The lowest BCUT2D eigenvalue weighted by Gasteiger charge is -2.30. The van der Waals surface area contributed by atoms with Crippen molar-refractivity contribution in [3.05, 3.63) is 0 Å². The molecule has 0 saturated carbocycles. The molecule has 0 bridgehead atoms. The largest absolute Gasteiger partial charge is 0.374 e. The number of rotatable bonds is 5. The van der Waals surface area contributed by atoms with Crippen molar-refractivity contribution in [3.8, 4) is 0 Å². The number of hydrogen-bond acceptors (Lipinski definition) is 3. The molecule has 3 heteroatoms. The van der Waals surface area contributed by atoms with Gasteiger partial charge in [-0.05, 0) is 19.5 Å². The molecule has 0 aromatic rings. The van der Waals surface area contributed by atoms with E-state index in [1.165, 1.54) is 6.42 Å². The molecule has 1 saturated heterocycles. The van der Waals surface area contributed by atoms with Crippen LogP contribution >= 0.6 is 0 Å². The molecular weight excluding hydrogens is 176 g/mol. The molecule has 0 aromatic carbocycles. The van der Waals surface area contributed by atoms with Crippen molar-refractivity contribution in [1.29, 1.82) is 0 Å². The van der Waals surface area contributed by atoms with E-state index in [1.54, 1.807) is 0 Å². The summed E-state index contributed by atoms with van der Waals surface area (Å²) < 4.78 is 5.66. The zero-order chi connectivity index (χ0) is 10.4. The molecule has 0 aromatic heterocycles. The van der Waals surface area contributed by atoms with Crippen molar-refractivity contribution in [2.45, 2.75) is 26.4 Å². The van der Waals surface area contributed by atoms with Crippen molar-refractivity contribution >= 4 is 0 Å². The summed E-state index contributed by atoms with van der Waals surface area (Å²) in [4.78, 5) is 2.33. The minimum absolute atomic E-state index is 0.387. The lowest BCUT2D eigenvalue weighted by atomic mass is 10.1. The van der Waals surface area contributed by atoms with Crippen LogP contribution < -0.4 is 5.32 Å². The van der Waals surface area contributed by atoms with Gasteiger partial charge in [0.2, 0.25) is 0 Å². The van der Waals surface area contributed by atoms with Gasteiger partial charge in [0.15, 0.2) is 0 Å². The highest BCUT2D eigenvalue weighted by Gasteiger charge is 2.16. The van der Waals surface area contributed by atoms with Crippen molar-refractivity contribution in [1.82, 2.24) is 10.2 Å². The van der Waals surface area contributed by atoms with Crippen LogP contribution in [0.25, 0.3) is 0 Å². The van der Waals surface area contributed by atoms with Crippen LogP contribution in [0.5, 0.6) is 0 Å². The van der Waals surface area contributed by atoms with Gasteiger partial charge in [0.25, 0.3) is 0 Å². The zero-order valence-corrected chi connectivity index (χ0v) is 9.75. The number of nitrogens with zero attached hydrogens (tertiary/aromatic N) is 1. The molecule has 1 aliphatic rings. The fraction of sp³-hybridized carbons (Fsp3) is 1.00. The van der Waals surface area contributed by atoms with Crippen LogP contribution in [0.2, 0.25) is 0 Å². The van der Waals surface area contributed by atoms with Gasteiger partial charge in [-0.25, -0.2) is 0 Å². The van der Waals surface area contributed by atoms with Gasteiger partial charge in [0, 0.05) is 19.6 Å². The predicted octanol–water partition coefficient (Wildman–Crippen LogP) is 0.953. The van der Waals surface area contributed by atoms with Gasteiger partial charge in [-0.15, -0.1) is 0 Å². The molecular formula is C11H24N2O. The van der Waals surface area contributed by atoms with Gasteiger partial charge in [0.05, 0.1) is 12.7 Å². The van der Waals surface area contributed by atoms with E-state index in [9.17, 15) is 0 Å². The minimum atomic E-state index is 0.387. The summed E-state index contributed by atoms with van der Waals surface area (Å²) in [5, 5.41) is 3.47. The third kappa shape index (κ3) is 4.40. The Labute approximate surface area is 87.8 Å². The van der Waals surface area contributed by atoms with Gasteiger partial charge in [-0.1, -0.05) is 20.3 Å². The highest BCUT2D eigenvalue weighted by molar-refractivity contribution is 4.71. The Morgan fingerprint density at radius 1 is 1.57 bits per heavy atom. The summed E-state index contributed by atoms with van der Waals surface area (Å²) in [6.07, 6.45) is 1.64. The molecule has 84 valence electrons. The molecule has 1 heterocycles. The maximum atomic E-state index is 5.66. The minimum Gasteiger partial charge on any atom is -0.374 e. The predicted molar refractivity (Wildman–Crippen MR) is 59.6 cm³/mol. The number of ether oxygens (including phenoxy) is 1. The van der Waals surface area contributed by atoms with Gasteiger partial charge < -0.3 is 15.0 Å². The summed E-state index contributed by atoms with van der Waals surface area (Å²) in [5.74, 6) is 0.774. The fourth-order valence-corrected chi connectivity index (χ4v) is 1.63. The Balaban J connectivity index is 2.05. The first-order valence-electron chi connectivity index (χ1n) is 5.73. The molecule has 1 rings (SSSR count). The van der Waals surface area contributed by atoms with Gasteiger partial charge in [0.1, 0.15) is 0 Å². The van der Waals surface area contributed by atoms with Crippen LogP contribution in [0.3, 0.4) is 0 Å². The smallest absolute Gasteiger partial charge is 0.0826 e. The number of nitrogens with one attached hydrogen (secondary N) is 1. The van der Waals surface area contributed by atoms with Crippen LogP contribution in [-0.2, 0) is 4.74 Å². The Bertz CT molecular complexity index is 152. The normalized spacial score (nSPS) is 26.4. The molecule has 14 heavy (non-hydrogen) atoms. The first kappa shape index (κ1) is 12.0. The van der Waals surface area contributed by atoms with Crippen LogP contribution in [0.4, 0.5) is 0 Å². The summed E-state index contributed by atoms with van der Waals surface area (Å²) >= 11 is 0. The van der Waals surface area contributed by atoms with Crippen molar-refractivity contribution in [3.63, 3.8) is 0 Å². The molecule has 1 fully saturated rings. The Morgan fingerprint density at radius 2 is 2.36 bits per heavy atom. The molecule has 3 nitrogen and oxygen atoms in total. The third-order valence-electron chi connectivity index (χ3n) is 2.90. The number of likely N-dealkylation sites (N-methyl/N-ethyl adjacent to an activating group) is 1. The summed E-state index contributed by atoms with van der Waals surface area (Å²) in [6, 6.07) is 0. The highest BCUT2D eigenvalue weighted by Crippen LogP contribution is 2.02. The van der Waals surface area contributed by atoms with Crippen LogP contribution in [-0.4, -0.2) is 50.8 Å². The Morgan fingerprint density at radius 3 is 3.00 bits per heavy atom. The van der Waals surface area contributed by atoms with Crippen molar-refractivity contribution in [2.24, 2.45) is 5.92 Å². The molecule has 1 N–H and O–H groups in total. The summed E-state index contributed by atoms with van der Waals surface area (Å²) in [7, 11) is 2.16. The second-order valence-electron chi connectivity index (χ2n) is 4.43. The first-order valence-corrected chi connectivity index (χ1v) is 5.73. The lowest BCUT2D eigenvalue weighted by molar-refractivity contribution is -0.0183. The molecule has 2 atom stereocenters. The standard InChI is InChI=1S/C11H24N2O/c1-4-10(2)7-12-8-11-9-13(3)5-6-14-11/h10-12H,4-9H2,1-3H3/t10-,11-/m1/s1. The third-order valence-corrected chi connectivity index (χ3v) is 2.90. The highest BCUT2D eigenvalue weighted by atomic mass is 16.5. The zero-order valence-electron chi connectivity index (χ0n) is 9.75. The van der Waals surface area contributed by atoms with E-state index in [0.717, 1.165) is 38.7 Å². The monoisotopic (exact) mass is 200 g/mol. The van der Waals surface area contributed by atoms with E-state index in [2.05, 4.69) is 31.1 Å². The van der Waals surface area contributed by atoms with E-state index in [1.807, 2.05) is 0 Å². The van der Waals surface area contributed by atoms with Crippen LogP contribution in [0.15, 0.2) is 0 Å². The fourth-order valence-electron chi connectivity index (χ4n) is 1.63. The lowest BCUT2D eigenvalue weighted by Crippen LogP contribution is -2.45. The molecule has 0 aliphatic carbocycles. The van der Waals surface area contributed by atoms with E-state index in [4.69, 9.17) is 4.74 Å². The van der Waals surface area contributed by atoms with Crippen molar-refractivity contribution < 1.29 is 4.74 Å². The Kier molecular flexibility index (Phi) is 5.45. The van der Waals surface area contributed by atoms with Crippen LogP contribution in [0.1, 0.15) is 20.3 Å². The topological polar surface area (TPSA) is 24.5 Å². The number of morpholine rings is 1. The quantitative estimate of drug-likeness (QED) is 0.715. The van der Waals surface area contributed by atoms with E-state index < -0.39 is 0 Å². The molecule has 0 spiro atoms. The molecule has 0 unspecified atom stereocenters. The summed E-state index contributed by atoms with van der Waals surface area (Å²) in [6.45, 7) is 9.63. The SMILES string of the molecule is CC[C@@H](C)CNC[C@@H]1CN(C)CCO1. The maximum Gasteiger partial charge on any atom is 0.0826 e. The van der Waals surface area contributed by atoms with E-state index in [-0.39, 0.29) is 0 Å². The second kappa shape index (κ2) is 6.38. The van der Waals surface area contributed by atoms with Gasteiger partial charge >= 0.3 is 0 Å². The second-order valence-corrected chi connectivity index (χ2v) is 4.43. The van der Waals surface area contributed by atoms with Crippen molar-refractivity contribution in [2.75, 3.05) is 39.8 Å². The Hall–Kier alpha value is -0.120. The maximum absolute atomic E-state index is 5.66. The summed E-state index contributed by atoms with van der Waals surface area (Å²) in [5.41, 5.74) is 0. The molecule has 0 radical (unpaired) electrons. The van der Waals surface area contributed by atoms with Gasteiger partial charge in [-0.2, -0.15) is 0 Å².